The van der Waals surface area contributed by atoms with Crippen molar-refractivity contribution in [2.75, 3.05) is 7.11 Å². The highest BCUT2D eigenvalue weighted by Crippen LogP contribution is 2.37. The van der Waals surface area contributed by atoms with Crippen LogP contribution < -0.4 is 4.74 Å². The third-order valence-corrected chi connectivity index (χ3v) is 1.73. The first-order valence-electron chi connectivity index (χ1n) is 3.92. The molecule has 0 aromatic heterocycles. The quantitative estimate of drug-likeness (QED) is 0.449. The molecule has 7 heteroatoms. The molecule has 16 heavy (non-hydrogen) atoms. The number of isocyanates is 1. The van der Waals surface area contributed by atoms with E-state index in [-0.39, 0.29) is 5.75 Å². The number of methoxy groups -OCH3 is 1. The van der Waals surface area contributed by atoms with Crippen molar-refractivity contribution in [3.05, 3.63) is 23.5 Å². The van der Waals surface area contributed by atoms with E-state index in [0.717, 1.165) is 19.3 Å². The van der Waals surface area contributed by atoms with E-state index in [0.29, 0.717) is 6.07 Å². The zero-order chi connectivity index (χ0) is 12.3. The molecule has 0 N–H and O–H groups in total. The van der Waals surface area contributed by atoms with E-state index in [2.05, 4.69) is 9.73 Å². The van der Waals surface area contributed by atoms with Crippen molar-refractivity contribution in [1.82, 2.24) is 0 Å². The van der Waals surface area contributed by atoms with Crippen LogP contribution >= 0.6 is 0 Å². The number of benzene rings is 1. The number of ether oxygens (including phenoxy) is 1. The third kappa shape index (κ3) is 2.38. The summed E-state index contributed by atoms with van der Waals surface area (Å²) in [5.74, 6) is -1.88. The van der Waals surface area contributed by atoms with Crippen molar-refractivity contribution in [2.45, 2.75) is 6.18 Å². The maximum atomic E-state index is 13.2. The van der Waals surface area contributed by atoms with Gasteiger partial charge < -0.3 is 4.74 Å². The first-order chi connectivity index (χ1) is 7.40. The summed E-state index contributed by atoms with van der Waals surface area (Å²) in [6.45, 7) is 0. The number of rotatable bonds is 2. The number of hydrogen-bond donors (Lipinski definition) is 0. The second-order valence-electron chi connectivity index (χ2n) is 2.71. The number of alkyl halides is 3. The Bertz CT molecular complexity index is 450. The van der Waals surface area contributed by atoms with Gasteiger partial charge in [0.25, 0.3) is 0 Å². The highest BCUT2D eigenvalue weighted by Gasteiger charge is 2.36. The molecule has 0 spiro atoms. The Morgan fingerprint density at radius 2 is 2.00 bits per heavy atom. The van der Waals surface area contributed by atoms with Crippen LogP contribution in [0.4, 0.5) is 23.2 Å². The standard InChI is InChI=1S/C9H5F4NO2/c1-16-5-2-6(9(11,12)13)8(10)7(3-5)14-4-15/h2-3H,1H3. The molecule has 1 aromatic rings. The van der Waals surface area contributed by atoms with Gasteiger partial charge in [-0.1, -0.05) is 0 Å². The maximum Gasteiger partial charge on any atom is 0.419 e. The number of halogens is 4. The Balaban J connectivity index is 3.49. The van der Waals surface area contributed by atoms with Crippen molar-refractivity contribution < 1.29 is 27.1 Å². The predicted molar refractivity (Wildman–Crippen MR) is 45.7 cm³/mol. The molecule has 0 heterocycles. The predicted octanol–water partition coefficient (Wildman–Crippen LogP) is 2.82. The fourth-order valence-corrected chi connectivity index (χ4v) is 1.04. The van der Waals surface area contributed by atoms with Gasteiger partial charge in [0.05, 0.1) is 12.7 Å². The Morgan fingerprint density at radius 1 is 1.38 bits per heavy atom. The number of hydrogen-bond acceptors (Lipinski definition) is 3. The zero-order valence-corrected chi connectivity index (χ0v) is 7.93. The molecule has 0 aliphatic rings. The Labute approximate surface area is 87.4 Å². The zero-order valence-electron chi connectivity index (χ0n) is 7.93. The van der Waals surface area contributed by atoms with Crippen molar-refractivity contribution in [3.63, 3.8) is 0 Å². The van der Waals surface area contributed by atoms with E-state index in [1.54, 1.807) is 0 Å². The van der Waals surface area contributed by atoms with E-state index >= 15 is 0 Å². The number of nitrogens with zero attached hydrogens (tertiary/aromatic N) is 1. The minimum absolute atomic E-state index is 0.247. The summed E-state index contributed by atoms with van der Waals surface area (Å²) in [5.41, 5.74) is -2.30. The Morgan fingerprint density at radius 3 is 2.44 bits per heavy atom. The van der Waals surface area contributed by atoms with E-state index in [1.165, 1.54) is 0 Å². The van der Waals surface area contributed by atoms with Gasteiger partial charge in [0.1, 0.15) is 11.4 Å². The lowest BCUT2D eigenvalue weighted by Crippen LogP contribution is -2.08. The minimum Gasteiger partial charge on any atom is -0.497 e. The van der Waals surface area contributed by atoms with Gasteiger partial charge in [0.15, 0.2) is 5.82 Å². The van der Waals surface area contributed by atoms with Crippen molar-refractivity contribution in [3.8, 4) is 5.75 Å². The molecule has 0 fully saturated rings. The lowest BCUT2D eigenvalue weighted by Gasteiger charge is -2.10. The molecule has 0 bridgehead atoms. The van der Waals surface area contributed by atoms with Crippen molar-refractivity contribution in [2.24, 2.45) is 4.99 Å². The lowest BCUT2D eigenvalue weighted by molar-refractivity contribution is -0.140. The lowest BCUT2D eigenvalue weighted by atomic mass is 10.1. The highest BCUT2D eigenvalue weighted by atomic mass is 19.4. The second-order valence-corrected chi connectivity index (χ2v) is 2.71. The third-order valence-electron chi connectivity index (χ3n) is 1.73. The summed E-state index contributed by atoms with van der Waals surface area (Å²) in [6.07, 6.45) is -3.92. The first kappa shape index (κ1) is 12.2. The summed E-state index contributed by atoms with van der Waals surface area (Å²) in [5, 5.41) is 0. The van der Waals surface area contributed by atoms with E-state index < -0.39 is 23.2 Å². The summed E-state index contributed by atoms with van der Waals surface area (Å²) in [4.78, 5) is 12.7. The fraction of sp³-hybridized carbons (Fsp3) is 0.222. The average Bonchev–Trinajstić information content (AvgIpc) is 2.19. The van der Waals surface area contributed by atoms with Gasteiger partial charge in [-0.15, -0.1) is 0 Å². The molecule has 1 aromatic carbocycles. The average molecular weight is 235 g/mol. The molecule has 0 unspecified atom stereocenters. The van der Waals surface area contributed by atoms with E-state index in [9.17, 15) is 22.4 Å². The van der Waals surface area contributed by atoms with Gasteiger partial charge >= 0.3 is 6.18 Å². The van der Waals surface area contributed by atoms with E-state index in [1.807, 2.05) is 0 Å². The molecule has 0 atom stereocenters. The maximum absolute atomic E-state index is 13.2. The van der Waals surface area contributed by atoms with Crippen molar-refractivity contribution in [1.29, 1.82) is 0 Å². The molecular formula is C9H5F4NO2. The van der Waals surface area contributed by atoms with Gasteiger partial charge in [0, 0.05) is 6.07 Å². The number of carbonyl (C=O) groups excluding carboxylic acids is 1. The second kappa shape index (κ2) is 4.32. The summed E-state index contributed by atoms with van der Waals surface area (Å²) in [7, 11) is 1.11. The van der Waals surface area contributed by atoms with Crippen LogP contribution in [-0.2, 0) is 11.0 Å². The SMILES string of the molecule is COc1cc(N=C=O)c(F)c(C(F)(F)F)c1. The van der Waals surface area contributed by atoms with Crippen LogP contribution in [0.25, 0.3) is 0 Å². The van der Waals surface area contributed by atoms with Crippen LogP contribution in [-0.4, -0.2) is 13.2 Å². The van der Waals surface area contributed by atoms with Gasteiger partial charge in [-0.3, -0.25) is 0 Å². The summed E-state index contributed by atoms with van der Waals surface area (Å²) in [6, 6.07) is 1.36. The Kier molecular flexibility index (Phi) is 3.29. The van der Waals surface area contributed by atoms with Gasteiger partial charge in [-0.25, -0.2) is 9.18 Å². The molecule has 0 saturated heterocycles. The molecule has 86 valence electrons. The minimum atomic E-state index is -4.88. The smallest absolute Gasteiger partial charge is 0.419 e. The molecule has 0 aliphatic heterocycles. The molecule has 0 amide bonds. The van der Waals surface area contributed by atoms with E-state index in [4.69, 9.17) is 0 Å². The molecule has 0 aliphatic carbocycles. The molecule has 1 rings (SSSR count). The number of aliphatic imine (C=N–C) groups is 1. The van der Waals surface area contributed by atoms with Crippen molar-refractivity contribution >= 4 is 11.8 Å². The fourth-order valence-electron chi connectivity index (χ4n) is 1.04. The van der Waals surface area contributed by atoms with Gasteiger partial charge in [-0.2, -0.15) is 18.2 Å². The van der Waals surface area contributed by atoms with Crippen LogP contribution in [0.1, 0.15) is 5.56 Å². The summed E-state index contributed by atoms with van der Waals surface area (Å²) >= 11 is 0. The summed E-state index contributed by atoms with van der Waals surface area (Å²) < 4.78 is 54.8. The van der Waals surface area contributed by atoms with Crippen LogP contribution in [0, 0.1) is 5.82 Å². The topological polar surface area (TPSA) is 38.7 Å². The normalized spacial score (nSPS) is 10.8. The largest absolute Gasteiger partial charge is 0.497 e. The molecule has 0 radical (unpaired) electrons. The van der Waals surface area contributed by atoms with Crippen LogP contribution in [0.2, 0.25) is 0 Å². The molecule has 3 nitrogen and oxygen atoms in total. The van der Waals surface area contributed by atoms with Crippen LogP contribution in [0.5, 0.6) is 5.75 Å². The molecular weight excluding hydrogens is 230 g/mol. The van der Waals surface area contributed by atoms with Gasteiger partial charge in [0.2, 0.25) is 6.08 Å². The monoisotopic (exact) mass is 235 g/mol. The van der Waals surface area contributed by atoms with Crippen LogP contribution in [0.3, 0.4) is 0 Å². The van der Waals surface area contributed by atoms with Gasteiger partial charge in [-0.05, 0) is 6.07 Å². The van der Waals surface area contributed by atoms with Crippen LogP contribution in [0.15, 0.2) is 17.1 Å². The highest BCUT2D eigenvalue weighted by molar-refractivity contribution is 5.55. The first-order valence-corrected chi connectivity index (χ1v) is 3.92. The Hall–Kier alpha value is -1.88. The molecule has 0 saturated carbocycles.